The summed E-state index contributed by atoms with van der Waals surface area (Å²) in [6.07, 6.45) is 1.42. The summed E-state index contributed by atoms with van der Waals surface area (Å²) in [5.41, 5.74) is 0.284. The van der Waals surface area contributed by atoms with Gasteiger partial charge in [0.2, 0.25) is 4.77 Å². The van der Waals surface area contributed by atoms with Crippen LogP contribution in [0.15, 0.2) is 24.3 Å². The van der Waals surface area contributed by atoms with Crippen molar-refractivity contribution in [3.05, 3.63) is 40.7 Å². The van der Waals surface area contributed by atoms with Gasteiger partial charge >= 0.3 is 6.09 Å². The summed E-state index contributed by atoms with van der Waals surface area (Å²) < 4.78 is 23.4. The zero-order valence-corrected chi connectivity index (χ0v) is 22.1. The zero-order valence-electron chi connectivity index (χ0n) is 21.3. The first-order valence-corrected chi connectivity index (χ1v) is 12.1. The van der Waals surface area contributed by atoms with Gasteiger partial charge in [-0.1, -0.05) is 0 Å². The number of carbonyl (C=O) groups is 1. The van der Waals surface area contributed by atoms with E-state index in [2.05, 4.69) is 16.7 Å². The molecule has 1 aliphatic rings. The van der Waals surface area contributed by atoms with Crippen molar-refractivity contribution >= 4 is 18.3 Å². The molecule has 1 unspecified atom stereocenters. The third-order valence-electron chi connectivity index (χ3n) is 6.22. The molecule has 1 aliphatic heterocycles. The average molecular weight is 493 g/mol. The van der Waals surface area contributed by atoms with Crippen LogP contribution in [-0.2, 0) is 11.4 Å². The SMILES string of the molecule is CC(c1nn(CN2CCC(N(C)C(=O)OC(C)(C)C)CC2)c(=S)n1-c1ccc(F)cc1)N(C)C. The van der Waals surface area contributed by atoms with Crippen LogP contribution in [0.25, 0.3) is 5.69 Å². The second-order valence-electron chi connectivity index (χ2n) is 10.2. The molecule has 1 saturated heterocycles. The van der Waals surface area contributed by atoms with Crippen LogP contribution >= 0.6 is 12.2 Å². The highest BCUT2D eigenvalue weighted by Crippen LogP contribution is 2.23. The average Bonchev–Trinajstić information content (AvgIpc) is 3.08. The van der Waals surface area contributed by atoms with Gasteiger partial charge in [0, 0.05) is 31.9 Å². The summed E-state index contributed by atoms with van der Waals surface area (Å²) >= 11 is 5.81. The standard InChI is InChI=1S/C24H37FN6O2S/c1-17(27(5)6)21-26-30(22(34)31(21)20-10-8-18(25)9-11-20)16-29-14-12-19(13-15-29)28(7)23(32)33-24(2,3)4/h8-11,17,19H,12-16H2,1-7H3. The van der Waals surface area contributed by atoms with Gasteiger partial charge in [-0.25, -0.2) is 13.9 Å². The van der Waals surface area contributed by atoms with Crippen LogP contribution in [-0.4, -0.2) is 81.0 Å². The number of hydrogen-bond donors (Lipinski definition) is 0. The summed E-state index contributed by atoms with van der Waals surface area (Å²) in [5.74, 6) is 0.519. The molecule has 1 amide bonds. The Morgan fingerprint density at radius 3 is 2.32 bits per heavy atom. The van der Waals surface area contributed by atoms with Crippen LogP contribution in [0.4, 0.5) is 9.18 Å². The topological polar surface area (TPSA) is 58.8 Å². The Morgan fingerprint density at radius 1 is 1.21 bits per heavy atom. The van der Waals surface area contributed by atoms with Gasteiger partial charge in [-0.05, 0) is 91.1 Å². The Bertz CT molecular complexity index is 1040. The lowest BCUT2D eigenvalue weighted by molar-refractivity contribution is 0.0134. The fourth-order valence-electron chi connectivity index (χ4n) is 3.97. The number of benzene rings is 1. The molecule has 3 rings (SSSR count). The number of nitrogens with zero attached hydrogens (tertiary/aromatic N) is 6. The maximum absolute atomic E-state index is 13.5. The van der Waals surface area contributed by atoms with Crippen molar-refractivity contribution in [2.45, 2.75) is 64.9 Å². The molecule has 0 N–H and O–H groups in total. The number of hydrogen-bond acceptors (Lipinski definition) is 6. The molecule has 188 valence electrons. The van der Waals surface area contributed by atoms with Crippen molar-refractivity contribution in [2.75, 3.05) is 34.2 Å². The highest BCUT2D eigenvalue weighted by atomic mass is 32.1. The Hall–Kier alpha value is -2.30. The normalized spacial score (nSPS) is 16.6. The number of aromatic nitrogens is 3. The number of halogens is 1. The molecule has 34 heavy (non-hydrogen) atoms. The summed E-state index contributed by atoms with van der Waals surface area (Å²) in [5, 5.41) is 4.86. The fourth-order valence-corrected chi connectivity index (χ4v) is 4.27. The van der Waals surface area contributed by atoms with Crippen LogP contribution < -0.4 is 0 Å². The second-order valence-corrected chi connectivity index (χ2v) is 10.5. The minimum Gasteiger partial charge on any atom is -0.444 e. The smallest absolute Gasteiger partial charge is 0.410 e. The summed E-state index contributed by atoms with van der Waals surface area (Å²) in [4.78, 5) is 18.5. The van der Waals surface area contributed by atoms with Gasteiger partial charge in [-0.2, -0.15) is 5.10 Å². The second kappa shape index (κ2) is 10.5. The van der Waals surface area contributed by atoms with Gasteiger partial charge in [-0.15, -0.1) is 0 Å². The van der Waals surface area contributed by atoms with Gasteiger partial charge in [0.05, 0.1) is 12.7 Å². The fraction of sp³-hybridized carbons (Fsp3) is 0.625. The van der Waals surface area contributed by atoms with E-state index in [1.165, 1.54) is 12.1 Å². The van der Waals surface area contributed by atoms with Gasteiger partial charge in [0.25, 0.3) is 0 Å². The molecule has 8 nitrogen and oxygen atoms in total. The molecule has 0 radical (unpaired) electrons. The van der Waals surface area contributed by atoms with Crippen LogP contribution in [0.3, 0.4) is 0 Å². The largest absolute Gasteiger partial charge is 0.444 e. The van der Waals surface area contributed by atoms with E-state index in [0.29, 0.717) is 11.4 Å². The van der Waals surface area contributed by atoms with E-state index in [1.807, 2.05) is 51.2 Å². The molecule has 2 heterocycles. The van der Waals surface area contributed by atoms with E-state index in [0.717, 1.165) is 37.4 Å². The molecule has 2 aromatic rings. The lowest BCUT2D eigenvalue weighted by Gasteiger charge is -2.37. The molecule has 0 bridgehead atoms. The third-order valence-corrected chi connectivity index (χ3v) is 6.61. The van der Waals surface area contributed by atoms with Crippen LogP contribution in [0.1, 0.15) is 52.4 Å². The summed E-state index contributed by atoms with van der Waals surface area (Å²) in [6, 6.07) is 6.47. The van der Waals surface area contributed by atoms with Crippen molar-refractivity contribution in [3.8, 4) is 5.69 Å². The summed E-state index contributed by atoms with van der Waals surface area (Å²) in [6.45, 7) is 9.90. The first kappa shape index (κ1) is 26.3. The quantitative estimate of drug-likeness (QED) is 0.555. The number of rotatable bonds is 6. The Labute approximate surface area is 206 Å². The van der Waals surface area contributed by atoms with Crippen molar-refractivity contribution in [3.63, 3.8) is 0 Å². The maximum Gasteiger partial charge on any atom is 0.410 e. The third kappa shape index (κ3) is 6.22. The summed E-state index contributed by atoms with van der Waals surface area (Å²) in [7, 11) is 5.80. The molecule has 1 aromatic carbocycles. The highest BCUT2D eigenvalue weighted by molar-refractivity contribution is 7.71. The highest BCUT2D eigenvalue weighted by Gasteiger charge is 2.29. The number of carbonyl (C=O) groups excluding carboxylic acids is 1. The predicted molar refractivity (Wildman–Crippen MR) is 133 cm³/mol. The first-order chi connectivity index (χ1) is 15.9. The van der Waals surface area contributed by atoms with Crippen molar-refractivity contribution in [1.29, 1.82) is 0 Å². The monoisotopic (exact) mass is 492 g/mol. The number of piperidine rings is 1. The van der Waals surface area contributed by atoms with E-state index < -0.39 is 5.60 Å². The number of amides is 1. The molecule has 0 saturated carbocycles. The zero-order chi connectivity index (χ0) is 25.2. The number of ether oxygens (including phenoxy) is 1. The lowest BCUT2D eigenvalue weighted by atomic mass is 10.0. The molecule has 0 aliphatic carbocycles. The molecule has 1 aromatic heterocycles. The lowest BCUT2D eigenvalue weighted by Crippen LogP contribution is -2.47. The molecule has 1 atom stereocenters. The molecule has 1 fully saturated rings. The minimum absolute atomic E-state index is 0.0150. The van der Waals surface area contributed by atoms with Crippen molar-refractivity contribution in [1.82, 2.24) is 29.0 Å². The van der Waals surface area contributed by atoms with E-state index in [1.54, 1.807) is 17.0 Å². The molecule has 10 heteroatoms. The molecule has 0 spiro atoms. The van der Waals surface area contributed by atoms with E-state index >= 15 is 0 Å². The van der Waals surface area contributed by atoms with Gasteiger partial charge in [-0.3, -0.25) is 14.4 Å². The first-order valence-electron chi connectivity index (χ1n) is 11.7. The van der Waals surface area contributed by atoms with Gasteiger partial charge in [0.15, 0.2) is 5.82 Å². The Morgan fingerprint density at radius 2 is 1.79 bits per heavy atom. The number of likely N-dealkylation sites (tertiary alicyclic amines) is 1. The van der Waals surface area contributed by atoms with Crippen LogP contribution in [0.5, 0.6) is 0 Å². The van der Waals surface area contributed by atoms with Crippen molar-refractivity contribution < 1.29 is 13.9 Å². The minimum atomic E-state index is -0.507. The van der Waals surface area contributed by atoms with E-state index in [-0.39, 0.29) is 24.0 Å². The van der Waals surface area contributed by atoms with Crippen LogP contribution in [0, 0.1) is 10.6 Å². The Balaban J connectivity index is 1.74. The maximum atomic E-state index is 13.5. The van der Waals surface area contributed by atoms with Crippen LogP contribution in [0.2, 0.25) is 0 Å². The van der Waals surface area contributed by atoms with E-state index in [4.69, 9.17) is 22.1 Å². The van der Waals surface area contributed by atoms with E-state index in [9.17, 15) is 9.18 Å². The predicted octanol–water partition coefficient (Wildman–Crippen LogP) is 4.45. The Kier molecular flexibility index (Phi) is 8.15. The van der Waals surface area contributed by atoms with Crippen molar-refractivity contribution in [2.24, 2.45) is 0 Å². The molecular formula is C24H37FN6O2S. The van der Waals surface area contributed by atoms with Gasteiger partial charge in [0.1, 0.15) is 11.4 Å². The van der Waals surface area contributed by atoms with Gasteiger partial charge < -0.3 is 9.64 Å². The molecular weight excluding hydrogens is 455 g/mol.